The van der Waals surface area contributed by atoms with E-state index >= 15 is 0 Å². The van der Waals surface area contributed by atoms with Gasteiger partial charge in [0.05, 0.1) is 28.0 Å². The topological polar surface area (TPSA) is 107 Å². The first-order valence-electron chi connectivity index (χ1n) is 9.57. The number of amides is 2. The van der Waals surface area contributed by atoms with Crippen molar-refractivity contribution in [3.05, 3.63) is 76.4 Å². The first-order valence-corrected chi connectivity index (χ1v) is 9.57. The molecule has 0 aromatic heterocycles. The minimum atomic E-state index is -0.645. The number of nitrogens with zero attached hydrogens (tertiary/aromatic N) is 2. The van der Waals surface area contributed by atoms with Crippen LogP contribution >= 0.6 is 0 Å². The van der Waals surface area contributed by atoms with Crippen LogP contribution in [0.2, 0.25) is 0 Å². The van der Waals surface area contributed by atoms with Crippen LogP contribution in [0.5, 0.6) is 5.75 Å². The fraction of sp³-hybridized carbons (Fsp3) is 0.227. The number of hydrogen-bond acceptors (Lipinski definition) is 6. The lowest BCUT2D eigenvalue weighted by Crippen LogP contribution is -2.32. The number of rotatable bonds is 4. The Kier molecular flexibility index (Phi) is 4.02. The number of anilines is 1. The monoisotopic (exact) mass is 404 g/mol. The Morgan fingerprint density at radius 2 is 1.50 bits per heavy atom. The van der Waals surface area contributed by atoms with Gasteiger partial charge >= 0.3 is 5.97 Å². The van der Waals surface area contributed by atoms with E-state index in [4.69, 9.17) is 4.74 Å². The van der Waals surface area contributed by atoms with E-state index in [1.807, 2.05) is 12.2 Å². The van der Waals surface area contributed by atoms with Gasteiger partial charge < -0.3 is 4.74 Å². The van der Waals surface area contributed by atoms with Crippen molar-refractivity contribution in [2.24, 2.45) is 23.7 Å². The van der Waals surface area contributed by atoms with E-state index in [0.29, 0.717) is 5.69 Å². The van der Waals surface area contributed by atoms with Crippen molar-refractivity contribution in [2.75, 3.05) is 4.90 Å². The Morgan fingerprint density at radius 1 is 0.933 bits per heavy atom. The third-order valence-electron chi connectivity index (χ3n) is 6.09. The van der Waals surface area contributed by atoms with Crippen molar-refractivity contribution < 1.29 is 24.0 Å². The molecule has 4 atom stereocenters. The largest absolute Gasteiger partial charge is 0.423 e. The number of nitro groups is 1. The molecule has 2 aliphatic carbocycles. The van der Waals surface area contributed by atoms with Crippen LogP contribution in [0.1, 0.15) is 16.8 Å². The van der Waals surface area contributed by atoms with Gasteiger partial charge in [0.2, 0.25) is 11.8 Å². The van der Waals surface area contributed by atoms with Crippen molar-refractivity contribution in [3.63, 3.8) is 0 Å². The summed E-state index contributed by atoms with van der Waals surface area (Å²) in [7, 11) is 0. The highest BCUT2D eigenvalue weighted by molar-refractivity contribution is 6.22. The van der Waals surface area contributed by atoms with Crippen molar-refractivity contribution in [2.45, 2.75) is 6.42 Å². The number of benzene rings is 2. The van der Waals surface area contributed by atoms with E-state index in [1.165, 1.54) is 41.3 Å². The summed E-state index contributed by atoms with van der Waals surface area (Å²) >= 11 is 0. The zero-order valence-corrected chi connectivity index (χ0v) is 15.6. The second kappa shape index (κ2) is 6.62. The molecule has 0 unspecified atom stereocenters. The van der Waals surface area contributed by atoms with Crippen LogP contribution < -0.4 is 9.64 Å². The third kappa shape index (κ3) is 2.72. The number of carbonyl (C=O) groups is 3. The quantitative estimate of drug-likeness (QED) is 0.194. The maximum Gasteiger partial charge on any atom is 0.343 e. The molecule has 8 nitrogen and oxygen atoms in total. The van der Waals surface area contributed by atoms with E-state index < -0.39 is 10.9 Å². The predicted molar refractivity (Wildman–Crippen MR) is 105 cm³/mol. The lowest BCUT2D eigenvalue weighted by Gasteiger charge is -2.17. The number of allylic oxidation sites excluding steroid dienone is 2. The second-order valence-corrected chi connectivity index (χ2v) is 7.70. The van der Waals surface area contributed by atoms with E-state index in [2.05, 4.69) is 0 Å². The Morgan fingerprint density at radius 3 is 2.03 bits per heavy atom. The van der Waals surface area contributed by atoms with Crippen LogP contribution in [0.4, 0.5) is 11.4 Å². The predicted octanol–water partition coefficient (Wildman–Crippen LogP) is 3.13. The molecule has 2 amide bonds. The molecule has 0 spiro atoms. The highest BCUT2D eigenvalue weighted by atomic mass is 16.6. The minimum absolute atomic E-state index is 0.104. The van der Waals surface area contributed by atoms with Crippen molar-refractivity contribution in [1.82, 2.24) is 0 Å². The molecule has 0 radical (unpaired) electrons. The zero-order chi connectivity index (χ0) is 21.0. The minimum Gasteiger partial charge on any atom is -0.423 e. The third-order valence-corrected chi connectivity index (χ3v) is 6.09. The Bertz CT molecular complexity index is 1080. The number of esters is 1. The van der Waals surface area contributed by atoms with Gasteiger partial charge in [0.25, 0.3) is 5.69 Å². The number of imide groups is 1. The summed E-state index contributed by atoms with van der Waals surface area (Å²) in [6.45, 7) is 0. The molecule has 1 saturated carbocycles. The SMILES string of the molecule is O=C(Oc1ccc([N+](=O)[O-])cc1)c1ccc(N2C(=O)[C@@H]3[C@H](C2=O)[C@H]2C=C[C@@H]3C2)cc1. The number of nitro benzene ring substituents is 1. The molecule has 1 aliphatic heterocycles. The lowest BCUT2D eigenvalue weighted by molar-refractivity contribution is -0.384. The first kappa shape index (κ1) is 18.2. The van der Waals surface area contributed by atoms with Crippen LogP contribution in [0.3, 0.4) is 0 Å². The molecule has 8 heteroatoms. The molecule has 30 heavy (non-hydrogen) atoms. The highest BCUT2D eigenvalue weighted by Gasteiger charge is 2.59. The average Bonchev–Trinajstić information content (AvgIpc) is 3.42. The Labute approximate surface area is 170 Å². The Hall–Kier alpha value is -3.81. The van der Waals surface area contributed by atoms with Crippen LogP contribution in [0.15, 0.2) is 60.7 Å². The summed E-state index contributed by atoms with van der Waals surface area (Å²) in [5.41, 5.74) is 0.566. The van der Waals surface area contributed by atoms with Gasteiger partial charge in [-0.15, -0.1) is 0 Å². The Balaban J connectivity index is 1.31. The molecule has 1 saturated heterocycles. The molecule has 2 aromatic rings. The standard InChI is InChI=1S/C22H16N2O6/c25-20-18-13-1-2-14(11-13)19(18)21(26)23(20)15-5-3-12(4-6-15)22(27)30-17-9-7-16(8-10-17)24(28)29/h1-10,13-14,18-19H,11H2/t13-,14+,18+,19-. The summed E-state index contributed by atoms with van der Waals surface area (Å²) in [5.74, 6) is -1.11. The number of carbonyl (C=O) groups excluding carboxylic acids is 3. The fourth-order valence-corrected chi connectivity index (χ4v) is 4.71. The average molecular weight is 404 g/mol. The van der Waals surface area contributed by atoms with E-state index in [-0.39, 0.29) is 52.5 Å². The number of ether oxygens (including phenoxy) is 1. The van der Waals surface area contributed by atoms with Gasteiger partial charge in [0, 0.05) is 12.1 Å². The highest BCUT2D eigenvalue weighted by Crippen LogP contribution is 2.53. The van der Waals surface area contributed by atoms with Gasteiger partial charge in [-0.2, -0.15) is 0 Å². The number of non-ortho nitro benzene ring substituents is 1. The molecule has 5 rings (SSSR count). The van der Waals surface area contributed by atoms with Crippen molar-refractivity contribution in [3.8, 4) is 5.75 Å². The van der Waals surface area contributed by atoms with Gasteiger partial charge in [-0.1, -0.05) is 12.2 Å². The van der Waals surface area contributed by atoms with Crippen LogP contribution in [0, 0.1) is 33.8 Å². The van der Waals surface area contributed by atoms with Crippen molar-refractivity contribution >= 4 is 29.2 Å². The summed E-state index contributed by atoms with van der Waals surface area (Å²) in [6.07, 6.45) is 4.95. The zero-order valence-electron chi connectivity index (χ0n) is 15.6. The molecular weight excluding hydrogens is 388 g/mol. The lowest BCUT2D eigenvalue weighted by atomic mass is 9.85. The maximum absolute atomic E-state index is 12.9. The van der Waals surface area contributed by atoms with Gasteiger partial charge in [0.1, 0.15) is 5.75 Å². The van der Waals surface area contributed by atoms with Crippen LogP contribution in [-0.4, -0.2) is 22.7 Å². The molecule has 0 N–H and O–H groups in total. The maximum atomic E-state index is 12.9. The molecule has 2 aromatic carbocycles. The van der Waals surface area contributed by atoms with E-state index in [0.717, 1.165) is 6.42 Å². The molecule has 2 fully saturated rings. The first-order chi connectivity index (χ1) is 14.4. The molecule has 3 aliphatic rings. The fourth-order valence-electron chi connectivity index (χ4n) is 4.71. The smallest absolute Gasteiger partial charge is 0.343 e. The van der Waals surface area contributed by atoms with Gasteiger partial charge in [0.15, 0.2) is 0 Å². The van der Waals surface area contributed by atoms with Gasteiger partial charge in [-0.05, 0) is 54.7 Å². The number of fused-ring (bicyclic) bond motifs is 5. The van der Waals surface area contributed by atoms with E-state index in [9.17, 15) is 24.5 Å². The van der Waals surface area contributed by atoms with Crippen LogP contribution in [-0.2, 0) is 9.59 Å². The van der Waals surface area contributed by atoms with Gasteiger partial charge in [-0.3, -0.25) is 24.6 Å². The normalized spacial score (nSPS) is 26.2. The van der Waals surface area contributed by atoms with Crippen LogP contribution in [0.25, 0.3) is 0 Å². The molecule has 2 bridgehead atoms. The van der Waals surface area contributed by atoms with Gasteiger partial charge in [-0.25, -0.2) is 4.79 Å². The second-order valence-electron chi connectivity index (χ2n) is 7.70. The molecule has 150 valence electrons. The summed E-state index contributed by atoms with van der Waals surface area (Å²) in [4.78, 5) is 49.4. The summed E-state index contributed by atoms with van der Waals surface area (Å²) in [6, 6.07) is 11.3. The molecule has 1 heterocycles. The summed E-state index contributed by atoms with van der Waals surface area (Å²) in [5, 5.41) is 10.7. The van der Waals surface area contributed by atoms with Crippen molar-refractivity contribution in [1.29, 1.82) is 0 Å². The molecular formula is C22H16N2O6. The number of hydrogen-bond donors (Lipinski definition) is 0. The summed E-state index contributed by atoms with van der Waals surface area (Å²) < 4.78 is 5.22. The van der Waals surface area contributed by atoms with E-state index in [1.54, 1.807) is 12.1 Å².